The van der Waals surface area contributed by atoms with Gasteiger partial charge in [0.1, 0.15) is 12.1 Å². The van der Waals surface area contributed by atoms with Gasteiger partial charge in [0.2, 0.25) is 0 Å². The molecule has 1 aromatic heterocycles. The van der Waals surface area contributed by atoms with Crippen LogP contribution >= 0.6 is 0 Å². The Labute approximate surface area is 136 Å². The minimum atomic E-state index is -4.54. The molecule has 0 bridgehead atoms. The highest BCUT2D eigenvalue weighted by Crippen LogP contribution is 2.35. The van der Waals surface area contributed by atoms with Crippen LogP contribution in [-0.4, -0.2) is 29.1 Å². The Bertz CT molecular complexity index is 755. The molecule has 0 amide bonds. The number of hydrogen-bond acceptors (Lipinski definition) is 5. The van der Waals surface area contributed by atoms with Gasteiger partial charge in [-0.2, -0.15) is 18.4 Å². The second-order valence-corrected chi connectivity index (χ2v) is 5.51. The van der Waals surface area contributed by atoms with Crippen LogP contribution in [-0.2, 0) is 6.18 Å². The highest BCUT2D eigenvalue weighted by Gasteiger charge is 2.34. The minimum Gasteiger partial charge on any atom is -0.369 e. The fourth-order valence-electron chi connectivity index (χ4n) is 2.76. The van der Waals surface area contributed by atoms with Crippen LogP contribution in [0.15, 0.2) is 36.8 Å². The van der Waals surface area contributed by atoms with E-state index in [9.17, 15) is 13.2 Å². The summed E-state index contributed by atoms with van der Waals surface area (Å²) in [6, 6.07) is 7.26. The molecule has 5 nitrogen and oxygen atoms in total. The van der Waals surface area contributed by atoms with Gasteiger partial charge in [0, 0.05) is 31.0 Å². The Morgan fingerprint density at radius 1 is 1.29 bits per heavy atom. The molecule has 1 aliphatic heterocycles. The van der Waals surface area contributed by atoms with Gasteiger partial charge in [-0.05, 0) is 30.7 Å². The Kier molecular flexibility index (Phi) is 4.25. The lowest BCUT2D eigenvalue weighted by Gasteiger charge is -2.21. The van der Waals surface area contributed by atoms with E-state index in [2.05, 4.69) is 15.3 Å². The summed E-state index contributed by atoms with van der Waals surface area (Å²) in [5.41, 5.74) is -0.788. The van der Waals surface area contributed by atoms with E-state index in [0.717, 1.165) is 12.5 Å². The lowest BCUT2D eigenvalue weighted by Crippen LogP contribution is -2.26. The van der Waals surface area contributed by atoms with Crippen molar-refractivity contribution in [3.05, 3.63) is 47.9 Å². The molecule has 124 valence electrons. The largest absolute Gasteiger partial charge is 0.417 e. The third kappa shape index (κ3) is 3.40. The molecule has 8 heteroatoms. The van der Waals surface area contributed by atoms with E-state index < -0.39 is 11.7 Å². The molecule has 0 saturated carbocycles. The smallest absolute Gasteiger partial charge is 0.369 e. The van der Waals surface area contributed by atoms with Crippen LogP contribution in [0.1, 0.15) is 17.5 Å². The van der Waals surface area contributed by atoms with Crippen molar-refractivity contribution < 1.29 is 13.2 Å². The summed E-state index contributed by atoms with van der Waals surface area (Å²) in [6.45, 7) is 1.19. The summed E-state index contributed by atoms with van der Waals surface area (Å²) in [6.07, 6.45) is -0.700. The molecule has 1 unspecified atom stereocenters. The third-order valence-corrected chi connectivity index (χ3v) is 3.92. The summed E-state index contributed by atoms with van der Waals surface area (Å²) in [7, 11) is 0. The normalized spacial score (nSPS) is 17.6. The second-order valence-electron chi connectivity index (χ2n) is 5.51. The van der Waals surface area contributed by atoms with Crippen molar-refractivity contribution in [1.82, 2.24) is 9.97 Å². The van der Waals surface area contributed by atoms with Crippen molar-refractivity contribution in [2.75, 3.05) is 23.3 Å². The van der Waals surface area contributed by atoms with Crippen molar-refractivity contribution >= 4 is 11.5 Å². The fraction of sp³-hybridized carbons (Fsp3) is 0.312. The number of nitrogens with zero attached hydrogens (tertiary/aromatic N) is 4. The number of rotatable bonds is 3. The van der Waals surface area contributed by atoms with Gasteiger partial charge in [-0.1, -0.05) is 0 Å². The Morgan fingerprint density at radius 2 is 2.12 bits per heavy atom. The van der Waals surface area contributed by atoms with Gasteiger partial charge in [-0.25, -0.2) is 9.97 Å². The molecule has 3 rings (SSSR count). The summed E-state index contributed by atoms with van der Waals surface area (Å²) >= 11 is 0. The predicted octanol–water partition coefficient (Wildman–Crippen LogP) is 3.06. The van der Waals surface area contributed by atoms with Gasteiger partial charge in [-0.3, -0.25) is 0 Å². The quantitative estimate of drug-likeness (QED) is 0.935. The molecule has 24 heavy (non-hydrogen) atoms. The molecule has 0 radical (unpaired) electrons. The van der Waals surface area contributed by atoms with E-state index in [1.54, 1.807) is 24.4 Å². The van der Waals surface area contributed by atoms with Crippen LogP contribution in [0.2, 0.25) is 0 Å². The molecule has 2 aromatic rings. The average Bonchev–Trinajstić information content (AvgIpc) is 3.03. The first-order valence-corrected chi connectivity index (χ1v) is 7.36. The summed E-state index contributed by atoms with van der Waals surface area (Å²) in [5.74, 6) is 0.688. The zero-order chi connectivity index (χ0) is 17.2. The Morgan fingerprint density at radius 3 is 2.79 bits per heavy atom. The fourth-order valence-corrected chi connectivity index (χ4v) is 2.76. The number of hydrogen-bond donors (Lipinski definition) is 1. The van der Waals surface area contributed by atoms with E-state index in [1.165, 1.54) is 12.4 Å². The number of nitriles is 1. The number of aromatic nitrogens is 2. The van der Waals surface area contributed by atoms with E-state index in [1.807, 2.05) is 4.90 Å². The highest BCUT2D eigenvalue weighted by molar-refractivity contribution is 5.56. The summed E-state index contributed by atoms with van der Waals surface area (Å²) in [5, 5.41) is 12.1. The lowest BCUT2D eigenvalue weighted by atomic mass is 10.1. The first-order valence-electron chi connectivity index (χ1n) is 7.36. The molecule has 1 atom stereocenters. The van der Waals surface area contributed by atoms with Crippen LogP contribution in [0.4, 0.5) is 24.7 Å². The first kappa shape index (κ1) is 16.1. The van der Waals surface area contributed by atoms with Gasteiger partial charge in [0.25, 0.3) is 0 Å². The molecule has 1 fully saturated rings. The Balaban J connectivity index is 1.75. The van der Waals surface area contributed by atoms with E-state index in [0.29, 0.717) is 24.6 Å². The zero-order valence-corrected chi connectivity index (χ0v) is 12.6. The molecule has 2 heterocycles. The van der Waals surface area contributed by atoms with Gasteiger partial charge < -0.3 is 10.2 Å². The monoisotopic (exact) mass is 333 g/mol. The molecule has 1 aromatic carbocycles. The van der Waals surface area contributed by atoms with Crippen LogP contribution in [0.3, 0.4) is 0 Å². The van der Waals surface area contributed by atoms with Crippen molar-refractivity contribution in [2.24, 2.45) is 0 Å². The predicted molar refractivity (Wildman–Crippen MR) is 82.4 cm³/mol. The molecule has 1 aliphatic rings. The average molecular weight is 333 g/mol. The third-order valence-electron chi connectivity index (χ3n) is 3.92. The molecule has 1 N–H and O–H groups in total. The van der Waals surface area contributed by atoms with Gasteiger partial charge in [0.05, 0.1) is 17.2 Å². The van der Waals surface area contributed by atoms with Gasteiger partial charge in [0.15, 0.2) is 0 Å². The zero-order valence-electron chi connectivity index (χ0n) is 12.6. The standard InChI is InChI=1S/C16H14F3N5/c17-16(18,19)14-7-13(2-1-11(14)8-20)24-6-4-12(9-24)23-15-3-5-21-10-22-15/h1-3,5,7,10,12H,4,6,9H2,(H,21,22,23). The van der Waals surface area contributed by atoms with Crippen molar-refractivity contribution in [1.29, 1.82) is 5.26 Å². The maximum atomic E-state index is 13.1. The maximum absolute atomic E-state index is 13.1. The first-order chi connectivity index (χ1) is 11.5. The molecular weight excluding hydrogens is 319 g/mol. The van der Waals surface area contributed by atoms with E-state index in [-0.39, 0.29) is 11.6 Å². The van der Waals surface area contributed by atoms with Crippen LogP contribution in [0, 0.1) is 11.3 Å². The molecule has 1 saturated heterocycles. The number of nitrogens with one attached hydrogen (secondary N) is 1. The van der Waals surface area contributed by atoms with Gasteiger partial charge in [-0.15, -0.1) is 0 Å². The number of halogens is 3. The van der Waals surface area contributed by atoms with Gasteiger partial charge >= 0.3 is 6.18 Å². The number of alkyl halides is 3. The number of anilines is 2. The summed E-state index contributed by atoms with van der Waals surface area (Å²) < 4.78 is 39.2. The van der Waals surface area contributed by atoms with E-state index in [4.69, 9.17) is 5.26 Å². The number of benzene rings is 1. The Hall–Kier alpha value is -2.82. The molecule has 0 spiro atoms. The van der Waals surface area contributed by atoms with Crippen molar-refractivity contribution in [2.45, 2.75) is 18.6 Å². The molecular formula is C16H14F3N5. The van der Waals surface area contributed by atoms with Crippen LogP contribution in [0.5, 0.6) is 0 Å². The molecule has 0 aliphatic carbocycles. The maximum Gasteiger partial charge on any atom is 0.417 e. The minimum absolute atomic E-state index is 0.0879. The second kappa shape index (κ2) is 6.35. The lowest BCUT2D eigenvalue weighted by molar-refractivity contribution is -0.137. The van der Waals surface area contributed by atoms with Crippen LogP contribution in [0.25, 0.3) is 0 Å². The van der Waals surface area contributed by atoms with Crippen LogP contribution < -0.4 is 10.2 Å². The van der Waals surface area contributed by atoms with Crippen molar-refractivity contribution in [3.63, 3.8) is 0 Å². The topological polar surface area (TPSA) is 64.8 Å². The highest BCUT2D eigenvalue weighted by atomic mass is 19.4. The SMILES string of the molecule is N#Cc1ccc(N2CCC(Nc3ccncn3)C2)cc1C(F)(F)F. The van der Waals surface area contributed by atoms with E-state index >= 15 is 0 Å². The van der Waals surface area contributed by atoms with Crippen molar-refractivity contribution in [3.8, 4) is 6.07 Å². The summed E-state index contributed by atoms with van der Waals surface area (Å²) in [4.78, 5) is 9.79.